The topological polar surface area (TPSA) is 0 Å². The molecule has 0 amide bonds. The summed E-state index contributed by atoms with van der Waals surface area (Å²) < 4.78 is 0. The molecule has 0 fully saturated rings. The van der Waals surface area contributed by atoms with E-state index in [1.165, 1.54) is 19.3 Å². The van der Waals surface area contributed by atoms with Crippen LogP contribution < -0.4 is 0 Å². The molecule has 0 aliphatic heterocycles. The fourth-order valence-corrected chi connectivity index (χ4v) is 1.31. The van der Waals surface area contributed by atoms with Gasteiger partial charge >= 0.3 is 0 Å². The largest absolute Gasteiger partial charge is 0.0845 e. The summed E-state index contributed by atoms with van der Waals surface area (Å²) in [5, 5.41) is 0. The lowest BCUT2D eigenvalue weighted by Crippen LogP contribution is -1.72. The van der Waals surface area contributed by atoms with E-state index >= 15 is 0 Å². The lowest BCUT2D eigenvalue weighted by Gasteiger charge is -1.91. The summed E-state index contributed by atoms with van der Waals surface area (Å²) in [4.78, 5) is 0. The molecule has 14 heavy (non-hydrogen) atoms. The van der Waals surface area contributed by atoms with E-state index in [-0.39, 0.29) is 0 Å². The number of allylic oxidation sites excluding steroid dienone is 8. The summed E-state index contributed by atoms with van der Waals surface area (Å²) in [6.07, 6.45) is 25.5. The van der Waals surface area contributed by atoms with Crippen LogP contribution in [0.1, 0.15) is 32.1 Å². The highest BCUT2D eigenvalue weighted by Crippen LogP contribution is 2.01. The maximum absolute atomic E-state index is 2.25. The quantitative estimate of drug-likeness (QED) is 0.528. The van der Waals surface area contributed by atoms with Crippen LogP contribution in [-0.4, -0.2) is 0 Å². The number of hydrogen-bond donors (Lipinski definition) is 0. The van der Waals surface area contributed by atoms with Crippen molar-refractivity contribution < 1.29 is 0 Å². The molecule has 0 heteroatoms. The van der Waals surface area contributed by atoms with Crippen LogP contribution in [0.3, 0.4) is 0 Å². The second kappa shape index (κ2) is 8.55. The molecule has 0 aromatic carbocycles. The molecule has 0 atom stereocenters. The molecule has 1 aliphatic carbocycles. The van der Waals surface area contributed by atoms with Gasteiger partial charge in [-0.15, -0.1) is 0 Å². The maximum Gasteiger partial charge on any atom is -0.0164 e. The van der Waals surface area contributed by atoms with E-state index in [0.717, 1.165) is 12.8 Å². The molecule has 1 aliphatic rings. The first-order chi connectivity index (χ1) is 7.00. The van der Waals surface area contributed by atoms with Crippen molar-refractivity contribution >= 4 is 0 Å². The van der Waals surface area contributed by atoms with E-state index < -0.39 is 0 Å². The van der Waals surface area contributed by atoms with Gasteiger partial charge < -0.3 is 0 Å². The SMILES string of the molecule is [CH]1/C=C/C=C\CCC/C=C/C=C\CC1. The summed E-state index contributed by atoms with van der Waals surface area (Å²) in [5.41, 5.74) is 0. The van der Waals surface area contributed by atoms with Crippen molar-refractivity contribution in [3.05, 3.63) is 55.0 Å². The minimum atomic E-state index is 1.13. The first-order valence-electron chi connectivity index (χ1n) is 5.47. The summed E-state index contributed by atoms with van der Waals surface area (Å²) in [6.45, 7) is 0. The van der Waals surface area contributed by atoms with E-state index in [9.17, 15) is 0 Å². The normalized spacial score (nSPS) is 28.6. The predicted octanol–water partition coefficient (Wildman–Crippen LogP) is 4.38. The van der Waals surface area contributed by atoms with Crippen LogP contribution in [0, 0.1) is 6.42 Å². The van der Waals surface area contributed by atoms with Gasteiger partial charge in [0.15, 0.2) is 0 Å². The molecule has 75 valence electrons. The third-order valence-electron chi connectivity index (χ3n) is 2.12. The number of hydrogen-bond acceptors (Lipinski definition) is 0. The third-order valence-corrected chi connectivity index (χ3v) is 2.12. The van der Waals surface area contributed by atoms with Crippen molar-refractivity contribution in [3.8, 4) is 0 Å². The van der Waals surface area contributed by atoms with Gasteiger partial charge in [0.2, 0.25) is 0 Å². The van der Waals surface area contributed by atoms with Crippen LogP contribution in [0.5, 0.6) is 0 Å². The second-order valence-corrected chi connectivity index (χ2v) is 3.41. The van der Waals surface area contributed by atoms with Crippen molar-refractivity contribution in [3.63, 3.8) is 0 Å². The van der Waals surface area contributed by atoms with Crippen molar-refractivity contribution in [1.29, 1.82) is 0 Å². The average molecular weight is 187 g/mol. The maximum atomic E-state index is 2.25. The minimum absolute atomic E-state index is 1.13. The Hall–Kier alpha value is -1.04. The molecule has 0 aromatic heterocycles. The van der Waals surface area contributed by atoms with E-state index in [1.54, 1.807) is 0 Å². The molecule has 0 aromatic rings. The Kier molecular flexibility index (Phi) is 6.74. The molecule has 0 unspecified atom stereocenters. The Morgan fingerprint density at radius 3 is 1.93 bits per heavy atom. The van der Waals surface area contributed by atoms with Gasteiger partial charge in [-0.25, -0.2) is 0 Å². The molecule has 1 radical (unpaired) electrons. The van der Waals surface area contributed by atoms with E-state index in [2.05, 4.69) is 55.0 Å². The van der Waals surface area contributed by atoms with Crippen LogP contribution in [0.4, 0.5) is 0 Å². The zero-order valence-electron chi connectivity index (χ0n) is 8.73. The molecule has 0 N–H and O–H groups in total. The first-order valence-corrected chi connectivity index (χ1v) is 5.47. The molecule has 0 saturated heterocycles. The highest BCUT2D eigenvalue weighted by atomic mass is 13.9. The van der Waals surface area contributed by atoms with Gasteiger partial charge in [0, 0.05) is 0 Å². The van der Waals surface area contributed by atoms with E-state index in [4.69, 9.17) is 0 Å². The Labute approximate surface area is 87.7 Å². The predicted molar refractivity (Wildman–Crippen MR) is 63.9 cm³/mol. The molecule has 0 bridgehead atoms. The molecule has 0 nitrogen and oxygen atoms in total. The monoisotopic (exact) mass is 187 g/mol. The molecular formula is C14H19. The fourth-order valence-electron chi connectivity index (χ4n) is 1.31. The van der Waals surface area contributed by atoms with Crippen LogP contribution in [0.2, 0.25) is 0 Å². The average Bonchev–Trinajstić information content (AvgIpc) is 2.22. The zero-order chi connectivity index (χ0) is 9.90. The van der Waals surface area contributed by atoms with Gasteiger partial charge in [0.1, 0.15) is 0 Å². The van der Waals surface area contributed by atoms with Gasteiger partial charge in [-0.2, -0.15) is 0 Å². The Balaban J connectivity index is 2.33. The lowest BCUT2D eigenvalue weighted by molar-refractivity contribution is 0.868. The van der Waals surface area contributed by atoms with Crippen molar-refractivity contribution in [2.45, 2.75) is 32.1 Å². The van der Waals surface area contributed by atoms with E-state index in [0.29, 0.717) is 0 Å². The van der Waals surface area contributed by atoms with Crippen molar-refractivity contribution in [2.24, 2.45) is 0 Å². The van der Waals surface area contributed by atoms with Crippen LogP contribution in [0.25, 0.3) is 0 Å². The van der Waals surface area contributed by atoms with Gasteiger partial charge in [-0.3, -0.25) is 0 Å². The van der Waals surface area contributed by atoms with Crippen molar-refractivity contribution in [1.82, 2.24) is 0 Å². The Bertz CT molecular complexity index is 178. The standard InChI is InChI=1S/C14H19/c1-2-4-6-8-10-12-14-13-11-9-7-5-3-1/h1-5,10,12-14H,6-9,11H2/b2-1+,5-3-,12-10-,14-13+. The summed E-state index contributed by atoms with van der Waals surface area (Å²) in [5.74, 6) is 0. The van der Waals surface area contributed by atoms with Crippen molar-refractivity contribution in [2.75, 3.05) is 0 Å². The molecular weight excluding hydrogens is 168 g/mol. The van der Waals surface area contributed by atoms with Crippen LogP contribution >= 0.6 is 0 Å². The molecule has 0 spiro atoms. The molecule has 0 saturated carbocycles. The smallest absolute Gasteiger partial charge is 0.0164 e. The van der Waals surface area contributed by atoms with E-state index in [1.807, 2.05) is 0 Å². The van der Waals surface area contributed by atoms with Crippen LogP contribution in [0.15, 0.2) is 48.6 Å². The molecule has 1 rings (SSSR count). The summed E-state index contributed by atoms with van der Waals surface area (Å²) in [6, 6.07) is 0. The Morgan fingerprint density at radius 1 is 0.500 bits per heavy atom. The first kappa shape index (κ1) is 11.0. The lowest BCUT2D eigenvalue weighted by atomic mass is 10.2. The summed E-state index contributed by atoms with van der Waals surface area (Å²) >= 11 is 0. The highest BCUT2D eigenvalue weighted by molar-refractivity contribution is 5.09. The number of rotatable bonds is 0. The second-order valence-electron chi connectivity index (χ2n) is 3.41. The van der Waals surface area contributed by atoms with Gasteiger partial charge in [0.25, 0.3) is 0 Å². The fraction of sp³-hybridized carbons (Fsp3) is 0.357. The Morgan fingerprint density at radius 2 is 1.14 bits per heavy atom. The van der Waals surface area contributed by atoms with Gasteiger partial charge in [0.05, 0.1) is 0 Å². The minimum Gasteiger partial charge on any atom is -0.0845 e. The zero-order valence-corrected chi connectivity index (χ0v) is 8.73. The third kappa shape index (κ3) is 6.47. The molecule has 0 heterocycles. The van der Waals surface area contributed by atoms with Gasteiger partial charge in [-0.1, -0.05) is 48.6 Å². The summed E-state index contributed by atoms with van der Waals surface area (Å²) in [7, 11) is 0. The van der Waals surface area contributed by atoms with Gasteiger partial charge in [-0.05, 0) is 38.5 Å². The highest BCUT2D eigenvalue weighted by Gasteiger charge is 1.82. The van der Waals surface area contributed by atoms with Crippen LogP contribution in [-0.2, 0) is 0 Å².